The third-order valence-corrected chi connectivity index (χ3v) is 4.56. The molecule has 0 aliphatic carbocycles. The molecule has 2 amide bonds. The lowest BCUT2D eigenvalue weighted by atomic mass is 10.2. The summed E-state index contributed by atoms with van der Waals surface area (Å²) >= 11 is 0. The molecule has 0 saturated heterocycles. The Labute approximate surface area is 135 Å². The zero-order chi connectivity index (χ0) is 17.6. The van der Waals surface area contributed by atoms with Crippen LogP contribution in [0.25, 0.3) is 0 Å². The van der Waals surface area contributed by atoms with E-state index >= 15 is 0 Å². The van der Waals surface area contributed by atoms with Crippen molar-refractivity contribution in [3.63, 3.8) is 0 Å². The van der Waals surface area contributed by atoms with Gasteiger partial charge in [-0.1, -0.05) is 4.47 Å². The summed E-state index contributed by atoms with van der Waals surface area (Å²) in [4.78, 5) is 28.0. The van der Waals surface area contributed by atoms with Crippen LogP contribution < -0.4 is 10.6 Å². The van der Waals surface area contributed by atoms with E-state index in [1.165, 1.54) is 38.4 Å². The normalized spacial score (nSPS) is 11.6. The molecule has 2 N–H and O–H groups in total. The van der Waals surface area contributed by atoms with Gasteiger partial charge >= 0.3 is 0 Å². The average molecular weight is 343 g/mol. The summed E-state index contributed by atoms with van der Waals surface area (Å²) in [6.45, 7) is 3.48. The van der Waals surface area contributed by atoms with Gasteiger partial charge in [-0.3, -0.25) is 14.4 Å². The van der Waals surface area contributed by atoms with Crippen molar-refractivity contribution in [2.45, 2.75) is 24.8 Å². The van der Waals surface area contributed by atoms with Crippen LogP contribution in [0.15, 0.2) is 29.2 Å². The van der Waals surface area contributed by atoms with Crippen molar-refractivity contribution in [1.29, 1.82) is 0 Å². The van der Waals surface area contributed by atoms with Crippen molar-refractivity contribution >= 4 is 21.8 Å². The second-order valence-corrected chi connectivity index (χ2v) is 6.96. The van der Waals surface area contributed by atoms with Gasteiger partial charge < -0.3 is 10.6 Å². The molecular formula is C14H21N3O5S. The van der Waals surface area contributed by atoms with E-state index in [-0.39, 0.29) is 29.0 Å². The molecule has 0 atom stereocenters. The highest BCUT2D eigenvalue weighted by atomic mass is 32.2. The molecule has 1 rings (SSSR count). The maximum atomic E-state index is 12.0. The van der Waals surface area contributed by atoms with Gasteiger partial charge in [-0.2, -0.15) is 0 Å². The van der Waals surface area contributed by atoms with Crippen molar-refractivity contribution in [2.24, 2.45) is 0 Å². The van der Waals surface area contributed by atoms with E-state index in [1.807, 2.05) is 13.8 Å². The van der Waals surface area contributed by atoms with E-state index in [0.29, 0.717) is 0 Å². The predicted octanol–water partition coefficient (Wildman–Crippen LogP) is 0.123. The minimum atomic E-state index is -3.76. The molecule has 0 unspecified atom stereocenters. The van der Waals surface area contributed by atoms with Crippen LogP contribution in [0.2, 0.25) is 0 Å². The minimum absolute atomic E-state index is 0.00375. The number of carbonyl (C=O) groups is 2. The molecule has 0 saturated carbocycles. The Balaban J connectivity index is 2.73. The summed E-state index contributed by atoms with van der Waals surface area (Å²) in [5.41, 5.74) is 0.251. The summed E-state index contributed by atoms with van der Waals surface area (Å²) in [6.07, 6.45) is 0. The highest BCUT2D eigenvalue weighted by molar-refractivity contribution is 7.89. The van der Waals surface area contributed by atoms with Crippen LogP contribution in [0, 0.1) is 0 Å². The van der Waals surface area contributed by atoms with Crippen molar-refractivity contribution in [1.82, 2.24) is 15.1 Å². The van der Waals surface area contributed by atoms with Crippen molar-refractivity contribution in [3.8, 4) is 0 Å². The van der Waals surface area contributed by atoms with Gasteiger partial charge in [0, 0.05) is 18.7 Å². The van der Waals surface area contributed by atoms with Crippen LogP contribution >= 0.6 is 0 Å². The summed E-state index contributed by atoms with van der Waals surface area (Å²) in [6, 6.07) is 5.32. The Bertz CT molecular complexity index is 655. The third-order valence-electron chi connectivity index (χ3n) is 2.87. The Morgan fingerprint density at radius 1 is 1.22 bits per heavy atom. The molecule has 23 heavy (non-hydrogen) atoms. The number of carbonyl (C=O) groups excluding carboxylic acids is 2. The lowest BCUT2D eigenvalue weighted by Gasteiger charge is -2.14. The van der Waals surface area contributed by atoms with Crippen LogP contribution in [-0.2, 0) is 19.7 Å². The molecule has 1 aromatic rings. The molecule has 0 heterocycles. The van der Waals surface area contributed by atoms with Crippen LogP contribution in [0.3, 0.4) is 0 Å². The maximum absolute atomic E-state index is 12.0. The summed E-state index contributed by atoms with van der Waals surface area (Å²) in [5.74, 6) is -0.762. The van der Waals surface area contributed by atoms with Gasteiger partial charge in [0.1, 0.15) is 0 Å². The third kappa shape index (κ3) is 5.31. The quantitative estimate of drug-likeness (QED) is 0.685. The number of nitrogens with one attached hydrogen (secondary N) is 2. The fourth-order valence-corrected chi connectivity index (χ4v) is 2.63. The average Bonchev–Trinajstić information content (AvgIpc) is 2.51. The van der Waals surface area contributed by atoms with Crippen LogP contribution in [-0.4, -0.2) is 51.4 Å². The van der Waals surface area contributed by atoms with Gasteiger partial charge in [0.05, 0.1) is 18.6 Å². The number of hydrogen-bond donors (Lipinski definition) is 2. The summed E-state index contributed by atoms with van der Waals surface area (Å²) < 4.78 is 24.7. The number of benzene rings is 1. The molecular weight excluding hydrogens is 322 g/mol. The standard InChI is InChI=1S/C14H21N3O5S/c1-10(2)16-13(18)9-15-14(19)11-5-7-12(8-6-11)23(20,21)17(3)22-4/h5-8,10H,9H2,1-4H3,(H,15,19)(H,16,18). The fraction of sp³-hybridized carbons (Fsp3) is 0.429. The van der Waals surface area contributed by atoms with Gasteiger partial charge in [-0.15, -0.1) is 0 Å². The molecule has 8 nitrogen and oxygen atoms in total. The molecule has 0 spiro atoms. The van der Waals surface area contributed by atoms with E-state index in [4.69, 9.17) is 0 Å². The van der Waals surface area contributed by atoms with Gasteiger partial charge in [0.2, 0.25) is 5.91 Å². The Morgan fingerprint density at radius 3 is 2.26 bits per heavy atom. The van der Waals surface area contributed by atoms with E-state index in [0.717, 1.165) is 4.47 Å². The number of hydrogen-bond acceptors (Lipinski definition) is 5. The molecule has 0 bridgehead atoms. The van der Waals surface area contributed by atoms with Crippen molar-refractivity contribution in [3.05, 3.63) is 29.8 Å². The molecule has 0 aromatic heterocycles. The first-order chi connectivity index (χ1) is 10.7. The summed E-state index contributed by atoms with van der Waals surface area (Å²) in [7, 11) is -1.25. The second-order valence-electron chi connectivity index (χ2n) is 5.03. The molecule has 0 fully saturated rings. The Hall–Kier alpha value is -1.97. The highest BCUT2D eigenvalue weighted by Crippen LogP contribution is 2.15. The molecule has 1 aromatic carbocycles. The van der Waals surface area contributed by atoms with Gasteiger partial charge in [0.15, 0.2) is 0 Å². The predicted molar refractivity (Wildman–Crippen MR) is 84.0 cm³/mol. The van der Waals surface area contributed by atoms with E-state index in [2.05, 4.69) is 15.5 Å². The lowest BCUT2D eigenvalue weighted by molar-refractivity contribution is -0.120. The SMILES string of the molecule is CON(C)S(=O)(=O)c1ccc(C(=O)NCC(=O)NC(C)C)cc1. The van der Waals surface area contributed by atoms with Crippen molar-refractivity contribution in [2.75, 3.05) is 20.7 Å². The van der Waals surface area contributed by atoms with Crippen LogP contribution in [0.1, 0.15) is 24.2 Å². The monoisotopic (exact) mass is 343 g/mol. The number of sulfonamides is 1. The number of hydroxylamine groups is 1. The first-order valence-corrected chi connectivity index (χ1v) is 8.33. The molecule has 0 radical (unpaired) electrons. The number of amides is 2. The van der Waals surface area contributed by atoms with E-state index < -0.39 is 15.9 Å². The Kier molecular flexibility index (Phi) is 6.67. The fourth-order valence-electron chi connectivity index (χ4n) is 1.66. The van der Waals surface area contributed by atoms with Gasteiger partial charge in [-0.05, 0) is 38.1 Å². The minimum Gasteiger partial charge on any atom is -0.352 e. The van der Waals surface area contributed by atoms with E-state index in [9.17, 15) is 18.0 Å². The number of rotatable bonds is 7. The molecule has 0 aliphatic heterocycles. The smallest absolute Gasteiger partial charge is 0.264 e. The molecule has 0 aliphatic rings. The highest BCUT2D eigenvalue weighted by Gasteiger charge is 2.21. The summed E-state index contributed by atoms with van der Waals surface area (Å²) in [5, 5.41) is 5.11. The maximum Gasteiger partial charge on any atom is 0.264 e. The van der Waals surface area contributed by atoms with Crippen LogP contribution in [0.5, 0.6) is 0 Å². The number of nitrogens with zero attached hydrogens (tertiary/aromatic N) is 1. The van der Waals surface area contributed by atoms with Gasteiger partial charge in [0.25, 0.3) is 15.9 Å². The first kappa shape index (κ1) is 19.1. The van der Waals surface area contributed by atoms with Crippen molar-refractivity contribution < 1.29 is 22.8 Å². The van der Waals surface area contributed by atoms with Gasteiger partial charge in [-0.25, -0.2) is 8.42 Å². The first-order valence-electron chi connectivity index (χ1n) is 6.89. The molecule has 9 heteroatoms. The Morgan fingerprint density at radius 2 is 1.78 bits per heavy atom. The molecule has 128 valence electrons. The zero-order valence-corrected chi connectivity index (χ0v) is 14.3. The lowest BCUT2D eigenvalue weighted by Crippen LogP contribution is -2.39. The van der Waals surface area contributed by atoms with E-state index in [1.54, 1.807) is 0 Å². The van der Waals surface area contributed by atoms with Crippen LogP contribution in [0.4, 0.5) is 0 Å². The largest absolute Gasteiger partial charge is 0.352 e. The second kappa shape index (κ2) is 8.04. The zero-order valence-electron chi connectivity index (χ0n) is 13.5. The topological polar surface area (TPSA) is 105 Å².